The largest absolute Gasteiger partial charge is 0.478 e. The Kier molecular flexibility index (Phi) is 3.74. The number of benzene rings is 1. The fourth-order valence-corrected chi connectivity index (χ4v) is 1.03. The van der Waals surface area contributed by atoms with Crippen molar-refractivity contribution in [2.75, 3.05) is 0 Å². The smallest absolute Gasteiger partial charge is 0.335 e. The van der Waals surface area contributed by atoms with E-state index in [1.54, 1.807) is 19.1 Å². The third-order valence-corrected chi connectivity index (χ3v) is 1.69. The quantitative estimate of drug-likeness (QED) is 0.595. The van der Waals surface area contributed by atoms with Crippen LogP contribution < -0.4 is 4.74 Å². The summed E-state index contributed by atoms with van der Waals surface area (Å²) in [5, 5.41) is 8.66. The van der Waals surface area contributed by atoms with Gasteiger partial charge in [0.25, 0.3) is 0 Å². The Labute approximate surface area is 87.7 Å². The molecule has 0 aliphatic rings. The molecule has 4 heteroatoms. The van der Waals surface area contributed by atoms with Gasteiger partial charge >= 0.3 is 5.97 Å². The van der Waals surface area contributed by atoms with Crippen LogP contribution >= 0.6 is 0 Å². The molecule has 0 radical (unpaired) electrons. The number of carboxylic acid groups (broad SMARTS) is 1. The van der Waals surface area contributed by atoms with Crippen molar-refractivity contribution in [2.24, 2.45) is 0 Å². The monoisotopic (exact) mass is 208 g/mol. The van der Waals surface area contributed by atoms with Crippen molar-refractivity contribution in [2.45, 2.75) is 13.2 Å². The second kappa shape index (κ2) is 5.05. The van der Waals surface area contributed by atoms with Crippen LogP contribution in [0.15, 0.2) is 37.1 Å². The fraction of sp³-hybridized carbons (Fsp3) is 0.182. The molecule has 0 aliphatic carbocycles. The van der Waals surface area contributed by atoms with Gasteiger partial charge in [0.15, 0.2) is 0 Å². The van der Waals surface area contributed by atoms with Gasteiger partial charge in [-0.3, -0.25) is 0 Å². The number of rotatable bonds is 5. The van der Waals surface area contributed by atoms with E-state index in [2.05, 4.69) is 6.58 Å². The summed E-state index contributed by atoms with van der Waals surface area (Å²) in [5.41, 5.74) is 0.222. The Bertz CT molecular complexity index is 342. The molecular formula is C11H12O4. The first-order valence-corrected chi connectivity index (χ1v) is 4.40. The summed E-state index contributed by atoms with van der Waals surface area (Å²) in [6, 6.07) is 6.09. The highest BCUT2D eigenvalue weighted by Crippen LogP contribution is 2.14. The molecule has 1 unspecified atom stereocenters. The van der Waals surface area contributed by atoms with Gasteiger partial charge in [-0.25, -0.2) is 4.79 Å². The molecule has 0 saturated carbocycles. The minimum atomic E-state index is -0.961. The van der Waals surface area contributed by atoms with Crippen LogP contribution in [-0.2, 0) is 4.74 Å². The van der Waals surface area contributed by atoms with Crippen molar-refractivity contribution < 1.29 is 19.4 Å². The normalized spacial score (nSPS) is 11.5. The Morgan fingerprint density at radius 1 is 1.47 bits per heavy atom. The van der Waals surface area contributed by atoms with Gasteiger partial charge in [0.1, 0.15) is 5.75 Å². The number of hydrogen-bond donors (Lipinski definition) is 1. The van der Waals surface area contributed by atoms with Crippen LogP contribution in [0.5, 0.6) is 5.75 Å². The predicted octanol–water partition coefficient (Wildman–Crippen LogP) is 2.27. The minimum absolute atomic E-state index is 0.222. The minimum Gasteiger partial charge on any atom is -0.478 e. The second-order valence-electron chi connectivity index (χ2n) is 2.82. The number of carbonyl (C=O) groups is 1. The SMILES string of the molecule is C=COC(C)Oc1ccc(C(=O)O)cc1. The van der Waals surface area contributed by atoms with Gasteiger partial charge in [-0.1, -0.05) is 6.58 Å². The van der Waals surface area contributed by atoms with E-state index >= 15 is 0 Å². The van der Waals surface area contributed by atoms with Gasteiger partial charge in [0.2, 0.25) is 6.29 Å². The van der Waals surface area contributed by atoms with Crippen LogP contribution in [0.2, 0.25) is 0 Å². The van der Waals surface area contributed by atoms with Crippen LogP contribution in [-0.4, -0.2) is 17.4 Å². The molecule has 1 rings (SSSR count). The molecule has 1 atom stereocenters. The molecule has 1 aromatic rings. The van der Waals surface area contributed by atoms with Gasteiger partial charge in [-0.2, -0.15) is 0 Å². The Hall–Kier alpha value is -1.97. The molecule has 0 aliphatic heterocycles. The van der Waals surface area contributed by atoms with Crippen LogP contribution in [0.4, 0.5) is 0 Å². The van der Waals surface area contributed by atoms with Crippen LogP contribution in [0.3, 0.4) is 0 Å². The van der Waals surface area contributed by atoms with E-state index in [4.69, 9.17) is 14.6 Å². The zero-order valence-electron chi connectivity index (χ0n) is 8.34. The lowest BCUT2D eigenvalue weighted by atomic mass is 10.2. The zero-order chi connectivity index (χ0) is 11.3. The number of hydrogen-bond acceptors (Lipinski definition) is 3. The van der Waals surface area contributed by atoms with Crippen molar-refractivity contribution in [1.29, 1.82) is 0 Å². The van der Waals surface area contributed by atoms with Crippen LogP contribution in [0.1, 0.15) is 17.3 Å². The van der Waals surface area contributed by atoms with Gasteiger partial charge < -0.3 is 14.6 Å². The molecular weight excluding hydrogens is 196 g/mol. The van der Waals surface area contributed by atoms with E-state index in [0.29, 0.717) is 5.75 Å². The molecule has 0 amide bonds. The van der Waals surface area contributed by atoms with E-state index in [9.17, 15) is 4.79 Å². The Morgan fingerprint density at radius 3 is 2.53 bits per heavy atom. The third kappa shape index (κ3) is 3.34. The summed E-state index contributed by atoms with van der Waals surface area (Å²) in [6.45, 7) is 5.11. The van der Waals surface area contributed by atoms with E-state index in [-0.39, 0.29) is 5.56 Å². The van der Waals surface area contributed by atoms with Gasteiger partial charge in [0.05, 0.1) is 11.8 Å². The average Bonchev–Trinajstić information content (AvgIpc) is 2.18. The van der Waals surface area contributed by atoms with Crippen molar-refractivity contribution in [3.63, 3.8) is 0 Å². The van der Waals surface area contributed by atoms with E-state index < -0.39 is 12.3 Å². The molecule has 15 heavy (non-hydrogen) atoms. The van der Waals surface area contributed by atoms with Crippen molar-refractivity contribution >= 4 is 5.97 Å². The van der Waals surface area contributed by atoms with Crippen molar-refractivity contribution in [1.82, 2.24) is 0 Å². The number of aromatic carboxylic acids is 1. The molecule has 80 valence electrons. The average molecular weight is 208 g/mol. The van der Waals surface area contributed by atoms with Crippen molar-refractivity contribution in [3.05, 3.63) is 42.7 Å². The second-order valence-corrected chi connectivity index (χ2v) is 2.82. The highest BCUT2D eigenvalue weighted by atomic mass is 16.7. The Morgan fingerprint density at radius 2 is 2.07 bits per heavy atom. The highest BCUT2D eigenvalue weighted by molar-refractivity contribution is 5.87. The maximum Gasteiger partial charge on any atom is 0.335 e. The summed E-state index contributed by atoms with van der Waals surface area (Å²) >= 11 is 0. The molecule has 1 aromatic carbocycles. The zero-order valence-corrected chi connectivity index (χ0v) is 8.34. The summed E-state index contributed by atoms with van der Waals surface area (Å²) < 4.78 is 10.3. The van der Waals surface area contributed by atoms with Crippen molar-refractivity contribution in [3.8, 4) is 5.75 Å². The molecule has 0 aromatic heterocycles. The fourth-order valence-electron chi connectivity index (χ4n) is 1.03. The molecule has 0 spiro atoms. The number of carboxylic acids is 1. The van der Waals surface area contributed by atoms with E-state index in [0.717, 1.165) is 0 Å². The third-order valence-electron chi connectivity index (χ3n) is 1.69. The van der Waals surface area contributed by atoms with E-state index in [1.165, 1.54) is 18.4 Å². The lowest BCUT2D eigenvalue weighted by Crippen LogP contribution is -2.12. The van der Waals surface area contributed by atoms with Gasteiger partial charge in [0, 0.05) is 6.92 Å². The lowest BCUT2D eigenvalue weighted by Gasteiger charge is -2.13. The first-order chi connectivity index (χ1) is 7.13. The topological polar surface area (TPSA) is 55.8 Å². The number of ether oxygens (including phenoxy) is 2. The molecule has 0 bridgehead atoms. The standard InChI is InChI=1S/C11H12O4/c1-3-14-8(2)15-10-6-4-9(5-7-10)11(12)13/h3-8H,1H2,2H3,(H,12,13). The Balaban J connectivity index is 2.64. The highest BCUT2D eigenvalue weighted by Gasteiger charge is 2.04. The van der Waals surface area contributed by atoms with Crippen LogP contribution in [0, 0.1) is 0 Å². The lowest BCUT2D eigenvalue weighted by molar-refractivity contribution is -0.0131. The summed E-state index contributed by atoms with van der Waals surface area (Å²) in [6.07, 6.45) is 0.842. The summed E-state index contributed by atoms with van der Waals surface area (Å²) in [7, 11) is 0. The summed E-state index contributed by atoms with van der Waals surface area (Å²) in [4.78, 5) is 10.6. The molecule has 0 heterocycles. The maximum atomic E-state index is 10.6. The maximum absolute atomic E-state index is 10.6. The van der Waals surface area contributed by atoms with E-state index in [1.807, 2.05) is 0 Å². The molecule has 4 nitrogen and oxygen atoms in total. The van der Waals surface area contributed by atoms with Gasteiger partial charge in [-0.05, 0) is 24.3 Å². The molecule has 1 N–H and O–H groups in total. The van der Waals surface area contributed by atoms with Crippen LogP contribution in [0.25, 0.3) is 0 Å². The van der Waals surface area contributed by atoms with Gasteiger partial charge in [-0.15, -0.1) is 0 Å². The summed E-state index contributed by atoms with van der Waals surface area (Å²) in [5.74, 6) is -0.411. The molecule has 0 fully saturated rings. The first-order valence-electron chi connectivity index (χ1n) is 4.40. The predicted molar refractivity (Wildman–Crippen MR) is 54.8 cm³/mol. The molecule has 0 saturated heterocycles. The first kappa shape index (κ1) is 11.1.